The molecule has 0 amide bonds. The molecular weight excluding hydrogens is 546 g/mol. The van der Waals surface area contributed by atoms with Crippen LogP contribution in [0.4, 0.5) is 5.69 Å². The number of benzene rings is 2. The second-order valence-electron chi connectivity index (χ2n) is 9.24. The molecule has 9 heteroatoms. The summed E-state index contributed by atoms with van der Waals surface area (Å²) in [4.78, 5) is 12.4. The van der Waals surface area contributed by atoms with Crippen LogP contribution in [0.5, 0.6) is 17.2 Å². The lowest BCUT2D eigenvalue weighted by Crippen LogP contribution is -2.15. The van der Waals surface area contributed by atoms with Gasteiger partial charge in [0, 0.05) is 35.5 Å². The highest BCUT2D eigenvalue weighted by atomic mass is 16.5. The summed E-state index contributed by atoms with van der Waals surface area (Å²) in [5.74, 6) is 1.78. The molecule has 0 spiro atoms. The zero-order valence-electron chi connectivity index (χ0n) is 26.9. The summed E-state index contributed by atoms with van der Waals surface area (Å²) in [5.41, 5.74) is 17.5. The van der Waals surface area contributed by atoms with Gasteiger partial charge in [-0.05, 0) is 67.6 Å². The minimum atomic E-state index is 0.0556. The molecule has 4 rings (SSSR count). The Balaban J connectivity index is 0.000000561. The number of rotatable bonds is 9. The van der Waals surface area contributed by atoms with Crippen molar-refractivity contribution in [3.8, 4) is 28.4 Å². The maximum absolute atomic E-state index is 12.4. The van der Waals surface area contributed by atoms with Crippen molar-refractivity contribution >= 4 is 33.8 Å². The molecule has 0 saturated heterocycles. The van der Waals surface area contributed by atoms with Gasteiger partial charge in [0.25, 0.3) is 0 Å². The summed E-state index contributed by atoms with van der Waals surface area (Å²) >= 11 is 0. The highest BCUT2D eigenvalue weighted by Gasteiger charge is 2.24. The second-order valence-corrected chi connectivity index (χ2v) is 9.24. The number of carbonyl (C=O) groups excluding carboxylic acids is 1. The van der Waals surface area contributed by atoms with Crippen LogP contribution in [0.1, 0.15) is 50.7 Å². The van der Waals surface area contributed by atoms with Crippen molar-refractivity contribution in [1.29, 1.82) is 0 Å². The number of pyridine rings is 1. The zero-order chi connectivity index (χ0) is 32.3. The lowest BCUT2D eigenvalue weighted by Gasteiger charge is -2.13. The number of anilines is 1. The van der Waals surface area contributed by atoms with E-state index in [0.29, 0.717) is 28.6 Å². The molecule has 1 unspecified atom stereocenters. The van der Waals surface area contributed by atoms with Crippen LogP contribution in [0, 0.1) is 0 Å². The average Bonchev–Trinajstić information content (AvgIpc) is 3.39. The van der Waals surface area contributed by atoms with Crippen molar-refractivity contribution in [1.82, 2.24) is 4.40 Å². The van der Waals surface area contributed by atoms with Crippen molar-refractivity contribution in [2.24, 2.45) is 5.73 Å². The third-order valence-electron chi connectivity index (χ3n) is 6.94. The van der Waals surface area contributed by atoms with Gasteiger partial charge in [-0.3, -0.25) is 4.79 Å². The number of hydrogen-bond acceptors (Lipinski definition) is 8. The predicted molar refractivity (Wildman–Crippen MR) is 176 cm³/mol. The van der Waals surface area contributed by atoms with Crippen LogP contribution < -0.4 is 25.7 Å². The number of aldehydes is 1. The molecule has 0 saturated carbocycles. The SMILES string of the molecule is C/C=C(/N)C(C)OC.CC.CO/C=C(/C)c1c(-c2ccc(N)c(OC)c2)c2c3cc(OC)c(OC)cc3ccn2c1C=O. The summed E-state index contributed by atoms with van der Waals surface area (Å²) in [6, 6.07) is 11.4. The minimum Gasteiger partial charge on any atom is -0.504 e. The van der Waals surface area contributed by atoms with Gasteiger partial charge in [0.2, 0.25) is 0 Å². The highest BCUT2D eigenvalue weighted by Crippen LogP contribution is 2.44. The molecule has 0 fully saturated rings. The van der Waals surface area contributed by atoms with Gasteiger partial charge in [0.15, 0.2) is 17.8 Å². The van der Waals surface area contributed by atoms with Crippen LogP contribution >= 0.6 is 0 Å². The Morgan fingerprint density at radius 3 is 2.07 bits per heavy atom. The van der Waals surface area contributed by atoms with Gasteiger partial charge in [-0.1, -0.05) is 26.0 Å². The van der Waals surface area contributed by atoms with Gasteiger partial charge in [0.05, 0.1) is 57.7 Å². The molecule has 9 nitrogen and oxygen atoms in total. The fraction of sp³-hybridized carbons (Fsp3) is 0.324. The molecular formula is C34H45N3O6. The third-order valence-corrected chi connectivity index (χ3v) is 6.94. The van der Waals surface area contributed by atoms with Crippen molar-refractivity contribution in [3.05, 3.63) is 71.9 Å². The predicted octanol–water partition coefficient (Wildman–Crippen LogP) is 7.10. The monoisotopic (exact) mass is 591 g/mol. The maximum atomic E-state index is 12.4. The first kappa shape index (κ1) is 34.6. The minimum absolute atomic E-state index is 0.0556. The number of allylic oxidation sites excluding steroid dienone is 2. The van der Waals surface area contributed by atoms with E-state index in [-0.39, 0.29) is 6.10 Å². The van der Waals surface area contributed by atoms with Gasteiger partial charge in [-0.25, -0.2) is 0 Å². The normalized spacial score (nSPS) is 12.0. The number of nitrogen functional groups attached to an aromatic ring is 1. The van der Waals surface area contributed by atoms with E-state index in [4.69, 9.17) is 35.2 Å². The molecule has 0 bridgehead atoms. The second kappa shape index (κ2) is 16.1. The molecule has 4 aromatic rings. The first-order valence-corrected chi connectivity index (χ1v) is 14.0. The summed E-state index contributed by atoms with van der Waals surface area (Å²) in [6.07, 6.45) is 6.27. The van der Waals surface area contributed by atoms with E-state index < -0.39 is 0 Å². The van der Waals surface area contributed by atoms with E-state index >= 15 is 0 Å². The van der Waals surface area contributed by atoms with Crippen LogP contribution in [0.15, 0.2) is 60.6 Å². The van der Waals surface area contributed by atoms with Gasteiger partial charge in [-0.15, -0.1) is 0 Å². The van der Waals surface area contributed by atoms with Crippen molar-refractivity contribution in [2.75, 3.05) is 41.3 Å². The number of nitrogens with zero attached hydrogens (tertiary/aromatic N) is 1. The average molecular weight is 592 g/mol. The smallest absolute Gasteiger partial charge is 0.167 e. The largest absolute Gasteiger partial charge is 0.504 e. The molecule has 0 radical (unpaired) electrons. The Morgan fingerprint density at radius 1 is 0.930 bits per heavy atom. The Kier molecular flexibility index (Phi) is 13.0. The molecule has 232 valence electrons. The molecule has 2 aromatic heterocycles. The van der Waals surface area contributed by atoms with E-state index in [2.05, 4.69) is 0 Å². The summed E-state index contributed by atoms with van der Waals surface area (Å²) in [7, 11) is 8.00. The van der Waals surface area contributed by atoms with E-state index in [1.165, 1.54) is 0 Å². The fourth-order valence-corrected chi connectivity index (χ4v) is 4.69. The Bertz CT molecular complexity index is 1600. The van der Waals surface area contributed by atoms with E-state index in [1.54, 1.807) is 47.9 Å². The fourth-order valence-electron chi connectivity index (χ4n) is 4.69. The van der Waals surface area contributed by atoms with E-state index in [0.717, 1.165) is 50.5 Å². The highest BCUT2D eigenvalue weighted by molar-refractivity contribution is 6.10. The Labute approximate surface area is 254 Å². The van der Waals surface area contributed by atoms with Gasteiger partial charge in [-0.2, -0.15) is 0 Å². The number of fused-ring (bicyclic) bond motifs is 3. The van der Waals surface area contributed by atoms with Crippen molar-refractivity contribution in [3.63, 3.8) is 0 Å². The topological polar surface area (TPSA) is 120 Å². The zero-order valence-corrected chi connectivity index (χ0v) is 26.9. The van der Waals surface area contributed by atoms with Crippen LogP contribution in [0.3, 0.4) is 0 Å². The summed E-state index contributed by atoms with van der Waals surface area (Å²) < 4.78 is 28.6. The van der Waals surface area contributed by atoms with Crippen molar-refractivity contribution < 1.29 is 28.5 Å². The first-order chi connectivity index (χ1) is 20.7. The first-order valence-electron chi connectivity index (χ1n) is 14.0. The maximum Gasteiger partial charge on any atom is 0.167 e. The number of methoxy groups -OCH3 is 5. The molecule has 0 aliphatic rings. The number of hydrogen-bond donors (Lipinski definition) is 2. The van der Waals surface area contributed by atoms with E-state index in [1.807, 2.05) is 81.6 Å². The standard InChI is InChI=1S/C26H26N2O5.C6H13NO.C2H6/c1-15(14-30-2)24-20(13-29)28-9-8-16-10-22(32-4)23(33-5)12-18(16)26(28)25(24)17-6-7-19(27)21(11-17)31-3;1-4-6(7)5(2)8-3;1-2/h6-14H,27H2,1-5H3;4-5H,7H2,1-3H3;1-2H3/b15-14-;6-4+;. The van der Waals surface area contributed by atoms with Crippen LogP contribution in [-0.4, -0.2) is 52.3 Å². The third kappa shape index (κ3) is 7.24. The lowest BCUT2D eigenvalue weighted by molar-refractivity contribution is 0.111. The van der Waals surface area contributed by atoms with Gasteiger partial charge < -0.3 is 39.6 Å². The number of aromatic nitrogens is 1. The molecule has 4 N–H and O–H groups in total. The number of carbonyl (C=O) groups is 1. The summed E-state index contributed by atoms with van der Waals surface area (Å²) in [5, 5.41) is 1.85. The van der Waals surface area contributed by atoms with Crippen LogP contribution in [0.25, 0.3) is 33.0 Å². The summed E-state index contributed by atoms with van der Waals surface area (Å²) in [6.45, 7) is 9.72. The molecule has 0 aliphatic heterocycles. The van der Waals surface area contributed by atoms with Crippen molar-refractivity contribution in [2.45, 2.75) is 40.7 Å². The molecule has 1 atom stereocenters. The number of ether oxygens (including phenoxy) is 5. The molecule has 2 heterocycles. The Hall–Kier alpha value is -4.63. The Morgan fingerprint density at radius 2 is 1.56 bits per heavy atom. The van der Waals surface area contributed by atoms with Crippen LogP contribution in [-0.2, 0) is 9.47 Å². The number of nitrogens with two attached hydrogens (primary N) is 2. The van der Waals surface area contributed by atoms with Gasteiger partial charge >= 0.3 is 0 Å². The molecule has 43 heavy (non-hydrogen) atoms. The van der Waals surface area contributed by atoms with Crippen LogP contribution in [0.2, 0.25) is 0 Å². The van der Waals surface area contributed by atoms with Gasteiger partial charge in [0.1, 0.15) is 5.75 Å². The quantitative estimate of drug-likeness (QED) is 0.120. The van der Waals surface area contributed by atoms with E-state index in [9.17, 15) is 4.79 Å². The molecule has 2 aromatic carbocycles. The molecule has 0 aliphatic carbocycles. The lowest BCUT2D eigenvalue weighted by atomic mass is 9.95.